The van der Waals surface area contributed by atoms with Crippen molar-refractivity contribution >= 4 is 17.7 Å². The maximum atomic E-state index is 12.1. The minimum atomic E-state index is 0.252. The molecule has 0 aromatic carbocycles. The second kappa shape index (κ2) is 8.21. The first-order valence-corrected chi connectivity index (χ1v) is 8.39. The molecule has 1 aliphatic rings. The molecule has 1 aliphatic heterocycles. The minimum Gasteiger partial charge on any atom is -0.340 e. The van der Waals surface area contributed by atoms with Gasteiger partial charge in [0.05, 0.1) is 0 Å². The maximum absolute atomic E-state index is 12.1. The molecule has 2 rings (SSSR count). The van der Waals surface area contributed by atoms with E-state index in [1.54, 1.807) is 11.0 Å². The molecule has 0 saturated carbocycles. The Morgan fingerprint density at radius 3 is 2.70 bits per heavy atom. The lowest BCUT2D eigenvalue weighted by Gasteiger charge is -2.34. The molecule has 1 saturated heterocycles. The Morgan fingerprint density at radius 1 is 1.25 bits per heavy atom. The van der Waals surface area contributed by atoms with Crippen LogP contribution < -0.4 is 0 Å². The summed E-state index contributed by atoms with van der Waals surface area (Å²) in [4.78, 5) is 16.5. The number of carbonyl (C=O) groups is 1. The Kier molecular flexibility index (Phi) is 6.25. The monoisotopic (exact) mass is 298 g/mol. The van der Waals surface area contributed by atoms with Gasteiger partial charge in [0, 0.05) is 51.4 Å². The predicted octanol–water partition coefficient (Wildman–Crippen LogP) is -0.0395. The van der Waals surface area contributed by atoms with Crippen LogP contribution in [0.15, 0.2) is 6.33 Å². The molecule has 0 radical (unpaired) electrons. The molecule has 1 aromatic rings. The Bertz CT molecular complexity index is 391. The molecule has 0 aliphatic carbocycles. The molecule has 0 spiro atoms. The summed E-state index contributed by atoms with van der Waals surface area (Å²) in [6.07, 6.45) is 5.07. The lowest BCUT2D eigenvalue weighted by molar-refractivity contribution is -0.133. The topological polar surface area (TPSA) is 67.2 Å². The summed E-state index contributed by atoms with van der Waals surface area (Å²) in [6.45, 7) is 5.55. The van der Waals surface area contributed by atoms with Crippen LogP contribution in [-0.4, -0.2) is 80.6 Å². The van der Waals surface area contributed by atoms with E-state index in [4.69, 9.17) is 0 Å². The summed E-state index contributed by atoms with van der Waals surface area (Å²) in [7, 11) is 0. The molecule has 8 heteroatoms. The number of aryl methyl sites for hydroxylation is 1. The van der Waals surface area contributed by atoms with Gasteiger partial charge < -0.3 is 4.90 Å². The molecular weight excluding hydrogens is 276 g/mol. The summed E-state index contributed by atoms with van der Waals surface area (Å²) in [5, 5.41) is 10.9. The number of hydrogen-bond acceptors (Lipinski definition) is 6. The van der Waals surface area contributed by atoms with Gasteiger partial charge in [-0.25, -0.2) is 4.68 Å². The number of carbonyl (C=O) groups excluding carboxylic acids is 1. The van der Waals surface area contributed by atoms with Crippen LogP contribution in [0.1, 0.15) is 12.8 Å². The smallest absolute Gasteiger partial charge is 0.222 e. The summed E-state index contributed by atoms with van der Waals surface area (Å²) in [6, 6.07) is 0. The summed E-state index contributed by atoms with van der Waals surface area (Å²) >= 11 is 1.87. The van der Waals surface area contributed by atoms with Gasteiger partial charge in [-0.15, -0.1) is 5.10 Å². The third kappa shape index (κ3) is 4.75. The van der Waals surface area contributed by atoms with Crippen molar-refractivity contribution < 1.29 is 4.79 Å². The van der Waals surface area contributed by atoms with E-state index in [0.29, 0.717) is 13.0 Å². The first kappa shape index (κ1) is 15.2. The van der Waals surface area contributed by atoms with E-state index in [1.807, 2.05) is 16.7 Å². The van der Waals surface area contributed by atoms with Crippen molar-refractivity contribution in [2.45, 2.75) is 19.4 Å². The second-order valence-electron chi connectivity index (χ2n) is 4.89. The molecule has 1 fully saturated rings. The average molecular weight is 298 g/mol. The Balaban J connectivity index is 1.61. The first-order chi connectivity index (χ1) is 9.79. The highest BCUT2D eigenvalue weighted by Gasteiger charge is 2.20. The average Bonchev–Trinajstić information content (AvgIpc) is 2.99. The highest BCUT2D eigenvalue weighted by molar-refractivity contribution is 7.98. The molecule has 2 heterocycles. The van der Waals surface area contributed by atoms with E-state index < -0.39 is 0 Å². The second-order valence-corrected chi connectivity index (χ2v) is 5.88. The third-order valence-electron chi connectivity index (χ3n) is 3.51. The zero-order chi connectivity index (χ0) is 14.2. The van der Waals surface area contributed by atoms with Gasteiger partial charge in [-0.05, 0) is 23.1 Å². The Labute approximate surface area is 123 Å². The highest BCUT2D eigenvalue weighted by atomic mass is 32.2. The lowest BCUT2D eigenvalue weighted by Crippen LogP contribution is -2.49. The van der Waals surface area contributed by atoms with Gasteiger partial charge in [0.2, 0.25) is 5.91 Å². The molecule has 0 unspecified atom stereocenters. The summed E-state index contributed by atoms with van der Waals surface area (Å²) in [5.74, 6) is 1.42. The Hall–Kier alpha value is -1.15. The van der Waals surface area contributed by atoms with E-state index in [9.17, 15) is 4.79 Å². The SMILES string of the molecule is CSCCN1CCN(C(=O)CCCn2cnnn2)CC1. The molecule has 112 valence electrons. The minimum absolute atomic E-state index is 0.252. The molecule has 0 atom stereocenters. The fourth-order valence-corrected chi connectivity index (χ4v) is 2.72. The van der Waals surface area contributed by atoms with E-state index in [1.165, 1.54) is 5.75 Å². The van der Waals surface area contributed by atoms with E-state index in [0.717, 1.165) is 39.1 Å². The molecule has 7 nitrogen and oxygen atoms in total. The fraction of sp³-hybridized carbons (Fsp3) is 0.833. The normalized spacial score (nSPS) is 16.6. The van der Waals surface area contributed by atoms with Gasteiger partial charge >= 0.3 is 0 Å². The van der Waals surface area contributed by atoms with Gasteiger partial charge in [-0.2, -0.15) is 11.8 Å². The molecule has 1 aromatic heterocycles. The molecule has 1 amide bonds. The van der Waals surface area contributed by atoms with Crippen molar-refractivity contribution in [1.82, 2.24) is 30.0 Å². The van der Waals surface area contributed by atoms with E-state index in [-0.39, 0.29) is 5.91 Å². The van der Waals surface area contributed by atoms with Crippen LogP contribution in [0.4, 0.5) is 0 Å². The predicted molar refractivity (Wildman–Crippen MR) is 78.5 cm³/mol. The number of thioether (sulfide) groups is 1. The fourth-order valence-electron chi connectivity index (χ4n) is 2.27. The van der Waals surface area contributed by atoms with Gasteiger partial charge in [0.25, 0.3) is 0 Å². The molecule has 20 heavy (non-hydrogen) atoms. The number of aromatic nitrogens is 4. The van der Waals surface area contributed by atoms with Gasteiger partial charge in [0.15, 0.2) is 0 Å². The maximum Gasteiger partial charge on any atom is 0.222 e. The van der Waals surface area contributed by atoms with Crippen LogP contribution in [0.2, 0.25) is 0 Å². The Morgan fingerprint density at radius 2 is 2.05 bits per heavy atom. The van der Waals surface area contributed by atoms with Crippen LogP contribution in [0.5, 0.6) is 0 Å². The lowest BCUT2D eigenvalue weighted by atomic mass is 10.2. The van der Waals surface area contributed by atoms with Crippen LogP contribution in [0, 0.1) is 0 Å². The van der Waals surface area contributed by atoms with Gasteiger partial charge in [-0.1, -0.05) is 0 Å². The number of nitrogens with zero attached hydrogens (tertiary/aromatic N) is 6. The van der Waals surface area contributed by atoms with Gasteiger partial charge in [0.1, 0.15) is 6.33 Å². The van der Waals surface area contributed by atoms with Gasteiger partial charge in [-0.3, -0.25) is 9.69 Å². The van der Waals surface area contributed by atoms with E-state index in [2.05, 4.69) is 26.7 Å². The largest absolute Gasteiger partial charge is 0.340 e. The van der Waals surface area contributed by atoms with Crippen LogP contribution in [0.3, 0.4) is 0 Å². The number of piperazine rings is 1. The number of amides is 1. The van der Waals surface area contributed by atoms with Crippen LogP contribution >= 0.6 is 11.8 Å². The van der Waals surface area contributed by atoms with Crippen LogP contribution in [0.25, 0.3) is 0 Å². The molecular formula is C12H22N6OS. The van der Waals surface area contributed by atoms with Crippen molar-refractivity contribution in [2.24, 2.45) is 0 Å². The van der Waals surface area contributed by atoms with Crippen molar-refractivity contribution in [3.8, 4) is 0 Å². The first-order valence-electron chi connectivity index (χ1n) is 6.99. The van der Waals surface area contributed by atoms with Crippen molar-refractivity contribution in [3.63, 3.8) is 0 Å². The number of tetrazole rings is 1. The molecule has 0 N–H and O–H groups in total. The summed E-state index contributed by atoms with van der Waals surface area (Å²) < 4.78 is 1.66. The third-order valence-corrected chi connectivity index (χ3v) is 4.10. The van der Waals surface area contributed by atoms with Crippen molar-refractivity contribution in [3.05, 3.63) is 6.33 Å². The standard InChI is InChI=1S/C12H22N6OS/c1-20-10-9-16-5-7-17(8-6-16)12(19)3-2-4-18-11-13-14-15-18/h11H,2-10H2,1H3. The quantitative estimate of drug-likeness (QED) is 0.704. The van der Waals surface area contributed by atoms with Crippen molar-refractivity contribution in [1.29, 1.82) is 0 Å². The van der Waals surface area contributed by atoms with E-state index >= 15 is 0 Å². The zero-order valence-corrected chi connectivity index (χ0v) is 12.8. The zero-order valence-electron chi connectivity index (χ0n) is 11.9. The highest BCUT2D eigenvalue weighted by Crippen LogP contribution is 2.06. The number of hydrogen-bond donors (Lipinski definition) is 0. The summed E-state index contributed by atoms with van der Waals surface area (Å²) in [5.41, 5.74) is 0. The van der Waals surface area contributed by atoms with Crippen molar-refractivity contribution in [2.75, 3.05) is 44.7 Å². The number of rotatable bonds is 7. The molecule has 0 bridgehead atoms. The van der Waals surface area contributed by atoms with Crippen LogP contribution in [-0.2, 0) is 11.3 Å².